The molecule has 0 aliphatic carbocycles. The van der Waals surface area contributed by atoms with Crippen LogP contribution in [0.5, 0.6) is 0 Å². The second kappa shape index (κ2) is 7.70. The minimum absolute atomic E-state index is 0.235. The number of rotatable bonds is 5. The Bertz CT molecular complexity index is 848. The molecule has 0 saturated heterocycles. The Hall–Kier alpha value is -2.67. The highest BCUT2D eigenvalue weighted by molar-refractivity contribution is 7.09. The van der Waals surface area contributed by atoms with Gasteiger partial charge in [-0.3, -0.25) is 4.90 Å². The molecule has 26 heavy (non-hydrogen) atoms. The topological polar surface area (TPSA) is 58.6 Å². The van der Waals surface area contributed by atoms with E-state index in [2.05, 4.69) is 5.32 Å². The van der Waals surface area contributed by atoms with Crippen LogP contribution in [0.2, 0.25) is 0 Å². The summed E-state index contributed by atoms with van der Waals surface area (Å²) >= 11 is 1.61. The highest BCUT2D eigenvalue weighted by Crippen LogP contribution is 2.32. The van der Waals surface area contributed by atoms with Gasteiger partial charge in [-0.1, -0.05) is 24.3 Å². The van der Waals surface area contributed by atoms with Crippen molar-refractivity contribution in [3.8, 4) is 0 Å². The van der Waals surface area contributed by atoms with Gasteiger partial charge in [0.1, 0.15) is 5.82 Å². The largest absolute Gasteiger partial charge is 0.466 e. The summed E-state index contributed by atoms with van der Waals surface area (Å²) in [4.78, 5) is 27.6. The van der Waals surface area contributed by atoms with E-state index in [1.165, 1.54) is 18.1 Å². The Balaban J connectivity index is 1.97. The van der Waals surface area contributed by atoms with Gasteiger partial charge in [0.2, 0.25) is 0 Å². The van der Waals surface area contributed by atoms with Crippen molar-refractivity contribution in [1.29, 1.82) is 0 Å². The molecule has 2 heterocycles. The Morgan fingerprint density at radius 1 is 1.31 bits per heavy atom. The lowest BCUT2D eigenvalue weighted by molar-refractivity contribution is -0.136. The van der Waals surface area contributed by atoms with Crippen molar-refractivity contribution in [2.75, 3.05) is 13.7 Å². The predicted molar refractivity (Wildman–Crippen MR) is 97.1 cm³/mol. The summed E-state index contributed by atoms with van der Waals surface area (Å²) in [5.41, 5.74) is 0.951. The average Bonchev–Trinajstić information content (AvgIpc) is 3.14. The van der Waals surface area contributed by atoms with Gasteiger partial charge in [-0.2, -0.15) is 0 Å². The lowest BCUT2D eigenvalue weighted by Gasteiger charge is -2.35. The maximum absolute atomic E-state index is 14.3. The first kappa shape index (κ1) is 18.1. The highest BCUT2D eigenvalue weighted by atomic mass is 32.1. The molecule has 0 saturated carbocycles. The number of nitrogens with one attached hydrogen (secondary N) is 1. The lowest BCUT2D eigenvalue weighted by Crippen LogP contribution is -2.48. The first-order valence-electron chi connectivity index (χ1n) is 8.17. The molecule has 1 atom stereocenters. The van der Waals surface area contributed by atoms with Crippen molar-refractivity contribution in [1.82, 2.24) is 10.2 Å². The van der Waals surface area contributed by atoms with Crippen molar-refractivity contribution in [2.24, 2.45) is 0 Å². The van der Waals surface area contributed by atoms with E-state index >= 15 is 0 Å². The number of hydrogen-bond acceptors (Lipinski definition) is 4. The maximum atomic E-state index is 14.3. The number of amides is 2. The zero-order valence-electron chi connectivity index (χ0n) is 14.5. The molecule has 1 N–H and O–H groups in total. The second-order valence-corrected chi connectivity index (χ2v) is 6.91. The molecule has 0 spiro atoms. The van der Waals surface area contributed by atoms with Gasteiger partial charge in [0, 0.05) is 22.7 Å². The molecule has 7 heteroatoms. The van der Waals surface area contributed by atoms with Crippen LogP contribution in [0.15, 0.2) is 53.0 Å². The molecule has 2 amide bonds. The summed E-state index contributed by atoms with van der Waals surface area (Å²) in [6, 6.07) is 8.78. The smallest absolute Gasteiger partial charge is 0.337 e. The molecule has 1 aliphatic rings. The number of carbonyl (C=O) groups is 2. The van der Waals surface area contributed by atoms with Crippen molar-refractivity contribution in [3.63, 3.8) is 0 Å². The molecule has 0 bridgehead atoms. The van der Waals surface area contributed by atoms with E-state index in [1.54, 1.807) is 36.5 Å². The molecular weight excluding hydrogens is 355 g/mol. The molecule has 5 nitrogen and oxygen atoms in total. The lowest BCUT2D eigenvalue weighted by atomic mass is 9.94. The van der Waals surface area contributed by atoms with Gasteiger partial charge in [0.15, 0.2) is 0 Å². The fourth-order valence-electron chi connectivity index (χ4n) is 3.04. The van der Waals surface area contributed by atoms with E-state index in [1.807, 2.05) is 17.5 Å². The quantitative estimate of drug-likeness (QED) is 0.813. The zero-order chi connectivity index (χ0) is 18.7. The highest BCUT2D eigenvalue weighted by Gasteiger charge is 2.37. The summed E-state index contributed by atoms with van der Waals surface area (Å²) in [5.74, 6) is -1.07. The number of nitrogens with zero attached hydrogens (tertiary/aromatic N) is 1. The number of urea groups is 1. The normalized spacial score (nSPS) is 17.3. The maximum Gasteiger partial charge on any atom is 0.337 e. The van der Waals surface area contributed by atoms with E-state index in [0.717, 1.165) is 4.88 Å². The van der Waals surface area contributed by atoms with Crippen LogP contribution in [0, 0.1) is 5.82 Å². The molecule has 136 valence electrons. The van der Waals surface area contributed by atoms with Gasteiger partial charge >= 0.3 is 12.0 Å². The average molecular weight is 374 g/mol. The molecule has 1 unspecified atom stereocenters. The molecule has 0 radical (unpaired) electrons. The minimum Gasteiger partial charge on any atom is -0.466 e. The number of ether oxygens (including phenoxy) is 1. The number of thiophene rings is 1. The van der Waals surface area contributed by atoms with Gasteiger partial charge in [0.25, 0.3) is 0 Å². The van der Waals surface area contributed by atoms with Crippen molar-refractivity contribution in [2.45, 2.75) is 19.4 Å². The SMILES string of the molecule is COC(=O)C1=C(C)N(CCc2cccs2)C(=O)NC1c1ccccc1F. The fourth-order valence-corrected chi connectivity index (χ4v) is 3.74. The molecule has 1 aromatic carbocycles. The summed E-state index contributed by atoms with van der Waals surface area (Å²) in [5, 5.41) is 4.72. The van der Waals surface area contributed by atoms with E-state index < -0.39 is 17.8 Å². The molecule has 0 fully saturated rings. The number of carbonyl (C=O) groups excluding carboxylic acids is 2. The van der Waals surface area contributed by atoms with Crippen LogP contribution in [0.25, 0.3) is 0 Å². The molecule has 1 aliphatic heterocycles. The van der Waals surface area contributed by atoms with Crippen molar-refractivity contribution in [3.05, 3.63) is 69.3 Å². The van der Waals surface area contributed by atoms with Gasteiger partial charge < -0.3 is 10.1 Å². The van der Waals surface area contributed by atoms with Crippen LogP contribution >= 0.6 is 11.3 Å². The molecular formula is C19H19FN2O3S. The van der Waals surface area contributed by atoms with E-state index in [9.17, 15) is 14.0 Å². The van der Waals surface area contributed by atoms with Gasteiger partial charge in [0.05, 0.1) is 18.7 Å². The Morgan fingerprint density at radius 2 is 2.08 bits per heavy atom. The first-order valence-corrected chi connectivity index (χ1v) is 9.04. The molecule has 2 aromatic rings. The second-order valence-electron chi connectivity index (χ2n) is 5.88. The Morgan fingerprint density at radius 3 is 2.73 bits per heavy atom. The fraction of sp³-hybridized carbons (Fsp3) is 0.263. The van der Waals surface area contributed by atoms with Gasteiger partial charge in [-0.25, -0.2) is 14.0 Å². The van der Waals surface area contributed by atoms with E-state index in [4.69, 9.17) is 4.74 Å². The molecule has 3 rings (SSSR count). The third kappa shape index (κ3) is 3.48. The third-order valence-electron chi connectivity index (χ3n) is 4.38. The Labute approximate surface area is 155 Å². The van der Waals surface area contributed by atoms with Crippen molar-refractivity contribution < 1.29 is 18.7 Å². The summed E-state index contributed by atoms with van der Waals surface area (Å²) in [6.45, 7) is 2.11. The monoisotopic (exact) mass is 374 g/mol. The molecule has 1 aromatic heterocycles. The van der Waals surface area contributed by atoms with Crippen LogP contribution in [-0.2, 0) is 16.0 Å². The minimum atomic E-state index is -0.880. The van der Waals surface area contributed by atoms with Crippen LogP contribution < -0.4 is 5.32 Å². The number of halogens is 1. The van der Waals surface area contributed by atoms with Gasteiger partial charge in [-0.05, 0) is 30.9 Å². The number of hydrogen-bond donors (Lipinski definition) is 1. The summed E-state index contributed by atoms with van der Waals surface area (Å²) in [7, 11) is 1.27. The van der Waals surface area contributed by atoms with Crippen molar-refractivity contribution >= 4 is 23.3 Å². The number of allylic oxidation sites excluding steroid dienone is 1. The third-order valence-corrected chi connectivity index (χ3v) is 5.32. The zero-order valence-corrected chi connectivity index (χ0v) is 15.3. The summed E-state index contributed by atoms with van der Waals surface area (Å²) < 4.78 is 19.2. The summed E-state index contributed by atoms with van der Waals surface area (Å²) in [6.07, 6.45) is 0.668. The van der Waals surface area contributed by atoms with E-state index in [0.29, 0.717) is 18.7 Å². The number of esters is 1. The van der Waals surface area contributed by atoms with Crippen LogP contribution in [0.1, 0.15) is 23.4 Å². The van der Waals surface area contributed by atoms with E-state index in [-0.39, 0.29) is 17.2 Å². The predicted octanol–water partition coefficient (Wildman–Crippen LogP) is 3.64. The Kier molecular flexibility index (Phi) is 5.37. The van der Waals surface area contributed by atoms with Crippen LogP contribution in [-0.4, -0.2) is 30.6 Å². The van der Waals surface area contributed by atoms with Gasteiger partial charge in [-0.15, -0.1) is 11.3 Å². The number of benzene rings is 1. The van der Waals surface area contributed by atoms with Crippen LogP contribution in [0.4, 0.5) is 9.18 Å². The number of methoxy groups -OCH3 is 1. The van der Waals surface area contributed by atoms with Crippen LogP contribution in [0.3, 0.4) is 0 Å². The first-order chi connectivity index (χ1) is 12.5. The standard InChI is InChI=1S/C19H19FN2O3S/c1-12-16(18(23)25-2)17(14-7-3-4-8-15(14)20)21-19(24)22(12)10-9-13-6-5-11-26-13/h3-8,11,17H,9-10H2,1-2H3,(H,21,24).